The van der Waals surface area contributed by atoms with Gasteiger partial charge >= 0.3 is 0 Å². The molecular formula is C25H24ClN3O3. The number of nitrogens with zero attached hydrogens (tertiary/aromatic N) is 2. The molecule has 1 N–H and O–H groups in total. The number of hydrogen-bond acceptors (Lipinski definition) is 6. The summed E-state index contributed by atoms with van der Waals surface area (Å²) in [6.45, 7) is 3.14. The van der Waals surface area contributed by atoms with Gasteiger partial charge in [-0.25, -0.2) is 0 Å². The summed E-state index contributed by atoms with van der Waals surface area (Å²) in [4.78, 5) is 0. The highest BCUT2D eigenvalue weighted by molar-refractivity contribution is 6.32. The Morgan fingerprint density at radius 1 is 1.06 bits per heavy atom. The van der Waals surface area contributed by atoms with Crippen LogP contribution in [0.5, 0.6) is 17.2 Å². The number of para-hydroxylation sites is 1. The van der Waals surface area contributed by atoms with Gasteiger partial charge in [0.15, 0.2) is 11.5 Å². The first kappa shape index (κ1) is 23.0. The molecule has 0 aromatic heterocycles. The monoisotopic (exact) mass is 449 g/mol. The van der Waals surface area contributed by atoms with Gasteiger partial charge in [-0.05, 0) is 48.4 Å². The molecule has 164 valence electrons. The fraction of sp³-hybridized carbons (Fsp3) is 0.200. The van der Waals surface area contributed by atoms with Crippen molar-refractivity contribution < 1.29 is 14.2 Å². The molecule has 0 radical (unpaired) electrons. The highest BCUT2D eigenvalue weighted by atomic mass is 35.5. The Balaban J connectivity index is 1.70. The van der Waals surface area contributed by atoms with Gasteiger partial charge in [0.05, 0.1) is 43.1 Å². The van der Waals surface area contributed by atoms with Crippen LogP contribution in [-0.2, 0) is 13.2 Å². The molecule has 0 fully saturated rings. The summed E-state index contributed by atoms with van der Waals surface area (Å²) < 4.78 is 17.0. The van der Waals surface area contributed by atoms with Crippen molar-refractivity contribution in [1.82, 2.24) is 5.43 Å². The third kappa shape index (κ3) is 6.16. The van der Waals surface area contributed by atoms with E-state index in [1.165, 1.54) is 0 Å². The third-order valence-electron chi connectivity index (χ3n) is 4.54. The van der Waals surface area contributed by atoms with Gasteiger partial charge < -0.3 is 19.6 Å². The van der Waals surface area contributed by atoms with Crippen molar-refractivity contribution in [3.63, 3.8) is 0 Å². The van der Waals surface area contributed by atoms with Crippen molar-refractivity contribution in [3.05, 3.63) is 87.9 Å². The zero-order chi connectivity index (χ0) is 22.8. The van der Waals surface area contributed by atoms with Gasteiger partial charge in [-0.15, -0.1) is 0 Å². The van der Waals surface area contributed by atoms with E-state index >= 15 is 0 Å². The third-order valence-corrected chi connectivity index (χ3v) is 4.82. The molecule has 0 saturated carbocycles. The van der Waals surface area contributed by atoms with Crippen LogP contribution in [0.15, 0.2) is 65.8 Å². The predicted molar refractivity (Wildman–Crippen MR) is 126 cm³/mol. The number of hydrazone groups is 1. The normalized spacial score (nSPS) is 10.6. The van der Waals surface area contributed by atoms with Crippen LogP contribution in [0.4, 0.5) is 0 Å². The van der Waals surface area contributed by atoms with E-state index in [9.17, 15) is 0 Å². The van der Waals surface area contributed by atoms with Crippen molar-refractivity contribution >= 4 is 17.8 Å². The van der Waals surface area contributed by atoms with E-state index in [2.05, 4.69) is 16.6 Å². The van der Waals surface area contributed by atoms with Crippen LogP contribution in [0.3, 0.4) is 0 Å². The van der Waals surface area contributed by atoms with Gasteiger partial charge in [0.2, 0.25) is 0 Å². The van der Waals surface area contributed by atoms with E-state index in [0.29, 0.717) is 35.2 Å². The van der Waals surface area contributed by atoms with Crippen LogP contribution in [0.25, 0.3) is 0 Å². The summed E-state index contributed by atoms with van der Waals surface area (Å²) in [7, 11) is 1.64. The molecule has 0 aliphatic heterocycles. The molecule has 0 bridgehead atoms. The van der Waals surface area contributed by atoms with Gasteiger partial charge in [0.1, 0.15) is 12.4 Å². The smallest absolute Gasteiger partial charge is 0.180 e. The van der Waals surface area contributed by atoms with Gasteiger partial charge in [-0.2, -0.15) is 10.4 Å². The number of benzene rings is 3. The Morgan fingerprint density at radius 3 is 2.69 bits per heavy atom. The molecule has 3 aromatic carbocycles. The summed E-state index contributed by atoms with van der Waals surface area (Å²) in [5, 5.41) is 13.8. The largest absolute Gasteiger partial charge is 0.496 e. The van der Waals surface area contributed by atoms with Crippen LogP contribution in [0.1, 0.15) is 29.2 Å². The second-order valence-electron chi connectivity index (χ2n) is 6.77. The Bertz CT molecular complexity index is 1130. The highest BCUT2D eigenvalue weighted by Crippen LogP contribution is 2.37. The zero-order valence-electron chi connectivity index (χ0n) is 18.0. The Kier molecular flexibility index (Phi) is 8.36. The maximum Gasteiger partial charge on any atom is 0.180 e. The first-order valence-electron chi connectivity index (χ1n) is 10.1. The molecule has 0 aliphatic carbocycles. The number of hydrogen-bond donors (Lipinski definition) is 1. The molecule has 0 amide bonds. The molecule has 3 rings (SSSR count). The Hall–Kier alpha value is -3.69. The lowest BCUT2D eigenvalue weighted by Gasteiger charge is -2.14. The first-order chi connectivity index (χ1) is 15.6. The number of halogens is 1. The van der Waals surface area contributed by atoms with E-state index in [1.54, 1.807) is 31.5 Å². The van der Waals surface area contributed by atoms with Crippen molar-refractivity contribution in [2.45, 2.75) is 20.1 Å². The molecule has 0 spiro atoms. The number of nitriles is 1. The van der Waals surface area contributed by atoms with Gasteiger partial charge in [-0.1, -0.05) is 41.9 Å². The summed E-state index contributed by atoms with van der Waals surface area (Å²) >= 11 is 6.49. The number of methoxy groups -OCH3 is 1. The van der Waals surface area contributed by atoms with E-state index in [0.717, 1.165) is 22.4 Å². The summed E-state index contributed by atoms with van der Waals surface area (Å²) in [6.07, 6.45) is 1.67. The SMILES string of the molecule is CCOc1cc(/C=N/NCc2ccccc2OC)cc(Cl)c1OCc1cccc(C#N)c1. The predicted octanol–water partition coefficient (Wildman–Crippen LogP) is 5.32. The quantitative estimate of drug-likeness (QED) is 0.335. The van der Waals surface area contributed by atoms with Gasteiger partial charge in [0, 0.05) is 5.56 Å². The number of ether oxygens (including phenoxy) is 3. The molecule has 6 nitrogen and oxygen atoms in total. The van der Waals surface area contributed by atoms with Crippen molar-refractivity contribution in [1.29, 1.82) is 5.26 Å². The topological polar surface area (TPSA) is 75.9 Å². The summed E-state index contributed by atoms with van der Waals surface area (Å²) in [5.74, 6) is 1.79. The lowest BCUT2D eigenvalue weighted by atomic mass is 10.1. The van der Waals surface area contributed by atoms with E-state index in [1.807, 2.05) is 49.4 Å². The van der Waals surface area contributed by atoms with E-state index in [-0.39, 0.29) is 6.61 Å². The molecule has 0 heterocycles. The average Bonchev–Trinajstić information content (AvgIpc) is 2.82. The second-order valence-corrected chi connectivity index (χ2v) is 7.18. The van der Waals surface area contributed by atoms with Crippen LogP contribution < -0.4 is 19.6 Å². The standard InChI is InChI=1S/C25H24ClN3O3/c1-3-31-24-13-20(15-28-29-16-21-9-4-5-10-23(21)30-2)12-22(26)25(24)32-17-19-8-6-7-18(11-19)14-27/h4-13,15,29H,3,16-17H2,1-2H3/b28-15+. The molecule has 32 heavy (non-hydrogen) atoms. The Labute approximate surface area is 193 Å². The Morgan fingerprint density at radius 2 is 1.91 bits per heavy atom. The van der Waals surface area contributed by atoms with Gasteiger partial charge in [0.25, 0.3) is 0 Å². The molecule has 0 unspecified atom stereocenters. The van der Waals surface area contributed by atoms with Crippen LogP contribution in [0.2, 0.25) is 5.02 Å². The molecule has 3 aromatic rings. The van der Waals surface area contributed by atoms with Crippen LogP contribution in [-0.4, -0.2) is 19.9 Å². The first-order valence-corrected chi connectivity index (χ1v) is 10.5. The fourth-order valence-electron chi connectivity index (χ4n) is 3.05. The molecular weight excluding hydrogens is 426 g/mol. The zero-order valence-corrected chi connectivity index (χ0v) is 18.7. The minimum absolute atomic E-state index is 0.267. The van der Waals surface area contributed by atoms with Crippen LogP contribution >= 0.6 is 11.6 Å². The maximum atomic E-state index is 9.06. The number of rotatable bonds is 10. The van der Waals surface area contributed by atoms with Crippen molar-refractivity contribution in [3.8, 4) is 23.3 Å². The highest BCUT2D eigenvalue weighted by Gasteiger charge is 2.13. The minimum Gasteiger partial charge on any atom is -0.496 e. The lowest BCUT2D eigenvalue weighted by Crippen LogP contribution is -2.07. The van der Waals surface area contributed by atoms with Crippen molar-refractivity contribution in [2.24, 2.45) is 5.10 Å². The second kappa shape index (κ2) is 11.6. The lowest BCUT2D eigenvalue weighted by molar-refractivity contribution is 0.269. The summed E-state index contributed by atoms with van der Waals surface area (Å²) in [5.41, 5.74) is 6.24. The van der Waals surface area contributed by atoms with Gasteiger partial charge in [-0.3, -0.25) is 0 Å². The maximum absolute atomic E-state index is 9.06. The average molecular weight is 450 g/mol. The van der Waals surface area contributed by atoms with Crippen LogP contribution in [0, 0.1) is 11.3 Å². The molecule has 0 atom stereocenters. The summed E-state index contributed by atoms with van der Waals surface area (Å²) in [6, 6.07) is 20.7. The molecule has 7 heteroatoms. The van der Waals surface area contributed by atoms with Crippen molar-refractivity contribution in [2.75, 3.05) is 13.7 Å². The van der Waals surface area contributed by atoms with E-state index in [4.69, 9.17) is 31.1 Å². The minimum atomic E-state index is 0.267. The molecule has 0 saturated heterocycles. The van der Waals surface area contributed by atoms with E-state index < -0.39 is 0 Å². The molecule has 0 aliphatic rings. The fourth-order valence-corrected chi connectivity index (χ4v) is 3.33. The number of nitrogens with one attached hydrogen (secondary N) is 1.